The highest BCUT2D eigenvalue weighted by Crippen LogP contribution is 2.25. The van der Waals surface area contributed by atoms with E-state index in [0.29, 0.717) is 17.5 Å². The van der Waals surface area contributed by atoms with Crippen LogP contribution < -0.4 is 10.1 Å². The first-order chi connectivity index (χ1) is 15.2. The second kappa shape index (κ2) is 10.1. The summed E-state index contributed by atoms with van der Waals surface area (Å²) in [5.41, 5.74) is 2.90. The van der Waals surface area contributed by atoms with Gasteiger partial charge in [-0.2, -0.15) is 0 Å². The zero-order valence-electron chi connectivity index (χ0n) is 17.2. The quantitative estimate of drug-likeness (QED) is 0.544. The number of amides is 1. The predicted molar refractivity (Wildman–Crippen MR) is 121 cm³/mol. The molecule has 8 heteroatoms. The largest absolute Gasteiger partial charge is 0.497 e. The molecule has 2 heterocycles. The topological polar surface area (TPSA) is 81.9 Å². The monoisotopic (exact) mass is 433 g/mol. The van der Waals surface area contributed by atoms with Crippen molar-refractivity contribution in [3.8, 4) is 17.1 Å². The zero-order valence-corrected chi connectivity index (χ0v) is 18.0. The third-order valence-corrected chi connectivity index (χ3v) is 5.75. The maximum absolute atomic E-state index is 12.4. The Bertz CT molecular complexity index is 1090. The number of rotatable bonds is 8. The average molecular weight is 434 g/mol. The van der Waals surface area contributed by atoms with Crippen molar-refractivity contribution in [3.63, 3.8) is 0 Å². The molecule has 0 radical (unpaired) electrons. The van der Waals surface area contributed by atoms with Gasteiger partial charge in [0.2, 0.25) is 5.91 Å². The lowest BCUT2D eigenvalue weighted by Crippen LogP contribution is -2.25. The lowest BCUT2D eigenvalue weighted by Gasteiger charge is -2.12. The number of benzene rings is 1. The Kier molecular flexibility index (Phi) is 6.78. The van der Waals surface area contributed by atoms with Crippen molar-refractivity contribution < 1.29 is 9.53 Å². The lowest BCUT2D eigenvalue weighted by atomic mass is 10.1. The molecule has 158 valence electrons. The second-order valence-corrected chi connectivity index (χ2v) is 7.92. The van der Waals surface area contributed by atoms with Crippen molar-refractivity contribution in [2.75, 3.05) is 12.9 Å². The first-order valence-electron chi connectivity index (χ1n) is 9.98. The van der Waals surface area contributed by atoms with Crippen LogP contribution in [0.4, 0.5) is 0 Å². The normalized spacial score (nSPS) is 13.0. The Morgan fingerprint density at radius 3 is 2.81 bits per heavy atom. The van der Waals surface area contributed by atoms with Gasteiger partial charge in [0, 0.05) is 23.7 Å². The molecule has 0 unspecified atom stereocenters. The molecule has 0 aliphatic heterocycles. The number of pyridine rings is 1. The van der Waals surface area contributed by atoms with Crippen LogP contribution in [0.3, 0.4) is 0 Å². The van der Waals surface area contributed by atoms with E-state index >= 15 is 0 Å². The summed E-state index contributed by atoms with van der Waals surface area (Å²) in [4.78, 5) is 16.6. The number of hydrogen-bond acceptors (Lipinski definition) is 6. The number of aromatic nitrogens is 4. The highest BCUT2D eigenvalue weighted by Gasteiger charge is 2.17. The molecule has 2 aromatic heterocycles. The summed E-state index contributed by atoms with van der Waals surface area (Å²) in [7, 11) is 1.65. The summed E-state index contributed by atoms with van der Waals surface area (Å²) >= 11 is 1.37. The molecular weight excluding hydrogens is 410 g/mol. The lowest BCUT2D eigenvalue weighted by molar-refractivity contribution is -0.117. The Morgan fingerprint density at radius 1 is 1.23 bits per heavy atom. The summed E-state index contributed by atoms with van der Waals surface area (Å²) in [5, 5.41) is 12.4. The number of ether oxygens (including phenoxy) is 1. The van der Waals surface area contributed by atoms with Crippen LogP contribution in [-0.2, 0) is 11.3 Å². The van der Waals surface area contributed by atoms with Crippen molar-refractivity contribution in [1.82, 2.24) is 25.1 Å². The van der Waals surface area contributed by atoms with Gasteiger partial charge in [-0.1, -0.05) is 36.0 Å². The first kappa shape index (κ1) is 20.9. The van der Waals surface area contributed by atoms with Crippen molar-refractivity contribution >= 4 is 17.7 Å². The molecule has 0 bridgehead atoms. The molecule has 7 nitrogen and oxygen atoms in total. The van der Waals surface area contributed by atoms with Crippen LogP contribution in [0.1, 0.15) is 18.4 Å². The van der Waals surface area contributed by atoms with E-state index < -0.39 is 0 Å². The van der Waals surface area contributed by atoms with Crippen LogP contribution >= 0.6 is 11.8 Å². The summed E-state index contributed by atoms with van der Waals surface area (Å²) in [6, 6.07) is 11.7. The molecule has 1 aliphatic carbocycles. The van der Waals surface area contributed by atoms with Gasteiger partial charge in [-0.3, -0.25) is 14.3 Å². The maximum Gasteiger partial charge on any atom is 0.234 e. The summed E-state index contributed by atoms with van der Waals surface area (Å²) in [6.07, 6.45) is 11.3. The fourth-order valence-corrected chi connectivity index (χ4v) is 3.95. The number of carbonyl (C=O) groups excluding carboxylic acids is 1. The highest BCUT2D eigenvalue weighted by molar-refractivity contribution is 7.99. The second-order valence-electron chi connectivity index (χ2n) is 6.98. The van der Waals surface area contributed by atoms with Gasteiger partial charge in [-0.15, -0.1) is 10.2 Å². The van der Waals surface area contributed by atoms with Gasteiger partial charge < -0.3 is 10.1 Å². The minimum absolute atomic E-state index is 0.0477. The third-order valence-electron chi connectivity index (χ3n) is 4.78. The zero-order chi connectivity index (χ0) is 21.5. The first-order valence-corrected chi connectivity index (χ1v) is 11.0. The van der Waals surface area contributed by atoms with E-state index in [4.69, 9.17) is 4.74 Å². The number of methoxy groups -OCH3 is 1. The molecule has 0 spiro atoms. The third kappa shape index (κ3) is 5.40. The number of thioether (sulfide) groups is 1. The van der Waals surface area contributed by atoms with Gasteiger partial charge in [0.25, 0.3) is 0 Å². The highest BCUT2D eigenvalue weighted by atomic mass is 32.2. The Labute approximate surface area is 185 Å². The van der Waals surface area contributed by atoms with Crippen LogP contribution in [0.15, 0.2) is 77.9 Å². The molecule has 0 fully saturated rings. The molecule has 3 aromatic rings. The molecule has 0 saturated heterocycles. The van der Waals surface area contributed by atoms with Crippen molar-refractivity contribution in [2.24, 2.45) is 0 Å². The molecule has 4 rings (SSSR count). The van der Waals surface area contributed by atoms with Crippen LogP contribution in [0.2, 0.25) is 0 Å². The molecular formula is C23H23N5O2S. The van der Waals surface area contributed by atoms with Gasteiger partial charge in [0.05, 0.1) is 19.4 Å². The van der Waals surface area contributed by atoms with E-state index in [0.717, 1.165) is 35.4 Å². The average Bonchev–Trinajstić information content (AvgIpc) is 3.22. The number of hydrogen-bond donors (Lipinski definition) is 1. The van der Waals surface area contributed by atoms with Gasteiger partial charge in [0.1, 0.15) is 5.75 Å². The molecule has 1 aliphatic rings. The van der Waals surface area contributed by atoms with Crippen molar-refractivity contribution in [3.05, 3.63) is 78.3 Å². The van der Waals surface area contributed by atoms with Gasteiger partial charge in [-0.25, -0.2) is 0 Å². The number of nitrogens with one attached hydrogen (secondary N) is 1. The Hall–Kier alpha value is -3.39. The smallest absolute Gasteiger partial charge is 0.234 e. The van der Waals surface area contributed by atoms with Crippen molar-refractivity contribution in [1.29, 1.82) is 0 Å². The number of carbonyl (C=O) groups is 1. The van der Waals surface area contributed by atoms with Crippen LogP contribution in [0.25, 0.3) is 11.4 Å². The fourth-order valence-electron chi connectivity index (χ4n) is 3.21. The summed E-state index contributed by atoms with van der Waals surface area (Å²) < 4.78 is 7.26. The van der Waals surface area contributed by atoms with E-state index in [-0.39, 0.29) is 11.7 Å². The Morgan fingerprint density at radius 2 is 2.10 bits per heavy atom. The summed E-state index contributed by atoms with van der Waals surface area (Å²) in [5.74, 6) is 1.73. The van der Waals surface area contributed by atoms with Crippen molar-refractivity contribution in [2.45, 2.75) is 24.5 Å². The van der Waals surface area contributed by atoms with Gasteiger partial charge in [-0.05, 0) is 48.7 Å². The van der Waals surface area contributed by atoms with Crippen LogP contribution in [0.5, 0.6) is 5.75 Å². The van der Waals surface area contributed by atoms with Crippen LogP contribution in [0, 0.1) is 0 Å². The van der Waals surface area contributed by atoms with E-state index in [1.54, 1.807) is 19.5 Å². The minimum atomic E-state index is -0.0477. The fraction of sp³-hybridized carbons (Fsp3) is 0.217. The Balaban J connectivity index is 1.53. The van der Waals surface area contributed by atoms with Gasteiger partial charge >= 0.3 is 0 Å². The van der Waals surface area contributed by atoms with Gasteiger partial charge in [0.15, 0.2) is 11.0 Å². The maximum atomic E-state index is 12.4. The van der Waals surface area contributed by atoms with E-state index in [9.17, 15) is 4.79 Å². The molecule has 1 aromatic carbocycles. The molecule has 0 atom stereocenters. The number of allylic oxidation sites excluding steroid dienone is 4. The standard InChI is InChI=1S/C23H23N5O2S/c1-30-20-11-9-17(10-12-20)15-28-22(18-6-5-13-24-14-18)26-27-23(28)31-16-21(29)25-19-7-3-2-4-8-19/h2-3,5-7,9-14H,4,8,15-16H2,1H3,(H,25,29). The van der Waals surface area contributed by atoms with E-state index in [2.05, 4.69) is 26.6 Å². The van der Waals surface area contributed by atoms with Crippen LogP contribution in [-0.4, -0.2) is 38.5 Å². The molecule has 1 N–H and O–H groups in total. The minimum Gasteiger partial charge on any atom is -0.497 e. The predicted octanol–water partition coefficient (Wildman–Crippen LogP) is 3.84. The molecule has 0 saturated carbocycles. The SMILES string of the molecule is COc1ccc(Cn2c(SCC(=O)NC3=CC=CCC3)nnc2-c2cccnc2)cc1. The van der Waals surface area contributed by atoms with E-state index in [1.165, 1.54) is 11.8 Å². The summed E-state index contributed by atoms with van der Waals surface area (Å²) in [6.45, 7) is 0.571. The number of nitrogens with zero attached hydrogens (tertiary/aromatic N) is 4. The van der Waals surface area contributed by atoms with E-state index in [1.807, 2.05) is 53.1 Å². The molecule has 31 heavy (non-hydrogen) atoms. The molecule has 1 amide bonds.